The van der Waals surface area contributed by atoms with Gasteiger partial charge in [-0.3, -0.25) is 0 Å². The molecule has 2 aromatic rings. The lowest BCUT2D eigenvalue weighted by atomic mass is 9.80. The first-order valence-corrected chi connectivity index (χ1v) is 8.50. The van der Waals surface area contributed by atoms with Gasteiger partial charge in [0.1, 0.15) is 5.75 Å². The van der Waals surface area contributed by atoms with Crippen molar-refractivity contribution in [2.45, 2.75) is 59.5 Å². The molecule has 0 bridgehead atoms. The SMILES string of the molecule is CCc1c(C(C)C)cc(C(C)C)c(CO)c1-c1ccccc1O. The first kappa shape index (κ1) is 17.6. The van der Waals surface area contributed by atoms with Crippen molar-refractivity contribution < 1.29 is 10.2 Å². The van der Waals surface area contributed by atoms with Crippen LogP contribution in [-0.4, -0.2) is 10.2 Å². The molecule has 0 aliphatic carbocycles. The van der Waals surface area contributed by atoms with Crippen LogP contribution in [0.2, 0.25) is 0 Å². The third-order valence-corrected chi connectivity index (χ3v) is 4.54. The minimum atomic E-state index is -0.0114. The summed E-state index contributed by atoms with van der Waals surface area (Å²) in [5, 5.41) is 20.4. The molecule has 0 amide bonds. The van der Waals surface area contributed by atoms with Gasteiger partial charge in [-0.05, 0) is 52.1 Å². The molecule has 0 saturated carbocycles. The maximum absolute atomic E-state index is 10.4. The van der Waals surface area contributed by atoms with Gasteiger partial charge in [-0.15, -0.1) is 0 Å². The number of phenolic OH excluding ortho intramolecular Hbond substituents is 1. The Balaban J connectivity index is 2.94. The number of aliphatic hydroxyl groups is 1. The highest BCUT2D eigenvalue weighted by Crippen LogP contribution is 2.41. The highest BCUT2D eigenvalue weighted by atomic mass is 16.3. The maximum atomic E-state index is 10.4. The van der Waals surface area contributed by atoms with Gasteiger partial charge in [0.15, 0.2) is 0 Å². The van der Waals surface area contributed by atoms with E-state index in [1.165, 1.54) is 16.7 Å². The fraction of sp³-hybridized carbons (Fsp3) is 0.429. The summed E-state index contributed by atoms with van der Waals surface area (Å²) in [6.45, 7) is 10.8. The quantitative estimate of drug-likeness (QED) is 0.780. The molecule has 0 unspecified atom stereocenters. The van der Waals surface area contributed by atoms with Gasteiger partial charge < -0.3 is 10.2 Å². The highest BCUT2D eigenvalue weighted by Gasteiger charge is 2.22. The van der Waals surface area contributed by atoms with E-state index in [2.05, 4.69) is 40.7 Å². The van der Waals surface area contributed by atoms with Gasteiger partial charge in [-0.1, -0.05) is 58.9 Å². The Kier molecular flexibility index (Phi) is 5.48. The topological polar surface area (TPSA) is 40.5 Å². The van der Waals surface area contributed by atoms with Crippen molar-refractivity contribution in [3.63, 3.8) is 0 Å². The lowest BCUT2D eigenvalue weighted by Gasteiger charge is -2.25. The molecule has 0 aromatic heterocycles. The molecular formula is C21H28O2. The Bertz CT molecular complexity index is 650. The van der Waals surface area contributed by atoms with Gasteiger partial charge in [0, 0.05) is 5.56 Å². The first-order valence-electron chi connectivity index (χ1n) is 8.50. The summed E-state index contributed by atoms with van der Waals surface area (Å²) < 4.78 is 0. The lowest BCUT2D eigenvalue weighted by molar-refractivity contribution is 0.280. The fourth-order valence-electron chi connectivity index (χ4n) is 3.40. The van der Waals surface area contributed by atoms with E-state index < -0.39 is 0 Å². The van der Waals surface area contributed by atoms with Crippen molar-refractivity contribution >= 4 is 0 Å². The predicted molar refractivity (Wildman–Crippen MR) is 97.0 cm³/mol. The minimum Gasteiger partial charge on any atom is -0.507 e. The molecule has 2 rings (SSSR count). The number of hydrogen-bond acceptors (Lipinski definition) is 2. The van der Waals surface area contributed by atoms with E-state index in [9.17, 15) is 10.2 Å². The van der Waals surface area contributed by atoms with Crippen LogP contribution in [0.5, 0.6) is 5.75 Å². The van der Waals surface area contributed by atoms with Crippen molar-refractivity contribution in [3.05, 3.63) is 52.6 Å². The van der Waals surface area contributed by atoms with Crippen LogP contribution in [-0.2, 0) is 13.0 Å². The summed E-state index contributed by atoms with van der Waals surface area (Å²) >= 11 is 0. The molecule has 0 radical (unpaired) electrons. The normalized spacial score (nSPS) is 11.5. The first-order chi connectivity index (χ1) is 10.9. The molecule has 2 aromatic carbocycles. The van der Waals surface area contributed by atoms with Gasteiger partial charge in [0.05, 0.1) is 6.61 Å². The Morgan fingerprint density at radius 1 is 0.913 bits per heavy atom. The summed E-state index contributed by atoms with van der Waals surface area (Å²) in [6.07, 6.45) is 0.878. The summed E-state index contributed by atoms with van der Waals surface area (Å²) in [5.41, 5.74) is 6.50. The Morgan fingerprint density at radius 3 is 1.96 bits per heavy atom. The number of benzene rings is 2. The molecular weight excluding hydrogens is 284 g/mol. The zero-order valence-electron chi connectivity index (χ0n) is 14.9. The van der Waals surface area contributed by atoms with Gasteiger partial charge in [0.2, 0.25) is 0 Å². The van der Waals surface area contributed by atoms with Crippen LogP contribution < -0.4 is 0 Å². The molecule has 0 aliphatic rings. The van der Waals surface area contributed by atoms with E-state index in [1.807, 2.05) is 18.2 Å². The smallest absolute Gasteiger partial charge is 0.123 e. The predicted octanol–water partition coefficient (Wildman–Crippen LogP) is 5.36. The molecule has 2 heteroatoms. The van der Waals surface area contributed by atoms with Gasteiger partial charge >= 0.3 is 0 Å². The molecule has 0 saturated heterocycles. The van der Waals surface area contributed by atoms with E-state index >= 15 is 0 Å². The summed E-state index contributed by atoms with van der Waals surface area (Å²) in [4.78, 5) is 0. The van der Waals surface area contributed by atoms with E-state index in [1.54, 1.807) is 6.07 Å². The standard InChI is InChI=1S/C21H28O2/c1-6-15-17(13(2)3)11-18(14(4)5)19(12-22)21(15)16-9-7-8-10-20(16)23/h7-11,13-14,22-23H,6,12H2,1-5H3. The number of aliphatic hydroxyl groups excluding tert-OH is 1. The number of hydrogen-bond donors (Lipinski definition) is 2. The molecule has 2 N–H and O–H groups in total. The molecule has 2 nitrogen and oxygen atoms in total. The number of para-hydroxylation sites is 1. The molecule has 0 spiro atoms. The lowest BCUT2D eigenvalue weighted by Crippen LogP contribution is -2.08. The van der Waals surface area contributed by atoms with Crippen LogP contribution in [0.1, 0.15) is 68.7 Å². The van der Waals surface area contributed by atoms with Gasteiger partial charge in [0.25, 0.3) is 0 Å². The molecule has 23 heavy (non-hydrogen) atoms. The van der Waals surface area contributed by atoms with E-state index in [0.717, 1.165) is 23.1 Å². The van der Waals surface area contributed by atoms with Gasteiger partial charge in [-0.25, -0.2) is 0 Å². The van der Waals surface area contributed by atoms with Crippen LogP contribution in [0.3, 0.4) is 0 Å². The third-order valence-electron chi connectivity index (χ3n) is 4.54. The molecule has 124 valence electrons. The summed E-state index contributed by atoms with van der Waals surface area (Å²) in [7, 11) is 0. The summed E-state index contributed by atoms with van der Waals surface area (Å²) in [5.74, 6) is 0.998. The zero-order valence-corrected chi connectivity index (χ0v) is 14.9. The molecule has 0 aliphatic heterocycles. The molecule has 0 fully saturated rings. The largest absolute Gasteiger partial charge is 0.507 e. The second-order valence-corrected chi connectivity index (χ2v) is 6.73. The highest BCUT2D eigenvalue weighted by molar-refractivity contribution is 5.78. The van der Waals surface area contributed by atoms with Crippen molar-refractivity contribution in [1.82, 2.24) is 0 Å². The van der Waals surface area contributed by atoms with Crippen LogP contribution in [0.25, 0.3) is 11.1 Å². The second kappa shape index (κ2) is 7.18. The number of rotatable bonds is 5. The fourth-order valence-corrected chi connectivity index (χ4v) is 3.40. The van der Waals surface area contributed by atoms with Crippen molar-refractivity contribution in [1.29, 1.82) is 0 Å². The summed E-state index contributed by atoms with van der Waals surface area (Å²) in [6, 6.07) is 9.68. The monoisotopic (exact) mass is 312 g/mol. The average molecular weight is 312 g/mol. The van der Waals surface area contributed by atoms with Crippen LogP contribution in [0, 0.1) is 0 Å². The average Bonchev–Trinajstić information content (AvgIpc) is 2.52. The van der Waals surface area contributed by atoms with Crippen molar-refractivity contribution in [2.75, 3.05) is 0 Å². The van der Waals surface area contributed by atoms with Crippen LogP contribution in [0.15, 0.2) is 30.3 Å². The second-order valence-electron chi connectivity index (χ2n) is 6.73. The zero-order chi connectivity index (χ0) is 17.1. The maximum Gasteiger partial charge on any atom is 0.123 e. The third kappa shape index (κ3) is 3.28. The van der Waals surface area contributed by atoms with Gasteiger partial charge in [-0.2, -0.15) is 0 Å². The number of aromatic hydroxyl groups is 1. The van der Waals surface area contributed by atoms with Crippen LogP contribution >= 0.6 is 0 Å². The molecule has 0 heterocycles. The van der Waals surface area contributed by atoms with Crippen LogP contribution in [0.4, 0.5) is 0 Å². The van der Waals surface area contributed by atoms with E-state index in [4.69, 9.17) is 0 Å². The van der Waals surface area contributed by atoms with E-state index in [-0.39, 0.29) is 12.4 Å². The molecule has 0 atom stereocenters. The Morgan fingerprint density at radius 2 is 1.48 bits per heavy atom. The Labute approximate surface area is 139 Å². The van der Waals surface area contributed by atoms with E-state index in [0.29, 0.717) is 11.8 Å². The van der Waals surface area contributed by atoms with Crippen molar-refractivity contribution in [2.24, 2.45) is 0 Å². The minimum absolute atomic E-state index is 0.0114. The van der Waals surface area contributed by atoms with Crippen molar-refractivity contribution in [3.8, 4) is 16.9 Å². The Hall–Kier alpha value is -1.80. The number of phenols is 1.